The molecular weight excluding hydrogens is 274 g/mol. The van der Waals surface area contributed by atoms with Gasteiger partial charge in [0.1, 0.15) is 0 Å². The van der Waals surface area contributed by atoms with Gasteiger partial charge in [0.25, 0.3) is 0 Å². The second-order valence-electron chi connectivity index (χ2n) is 5.38. The van der Waals surface area contributed by atoms with E-state index in [4.69, 9.17) is 0 Å². The molecule has 0 aliphatic heterocycles. The Morgan fingerprint density at radius 1 is 1.05 bits per heavy atom. The first-order chi connectivity index (χ1) is 10.6. The Balaban J connectivity index is 2.18. The monoisotopic (exact) mass is 295 g/mol. The van der Waals surface area contributed by atoms with Crippen molar-refractivity contribution >= 4 is 17.4 Å². The normalized spacial score (nSPS) is 11.7. The molecule has 1 amide bonds. The number of hydrogen-bond acceptors (Lipinski definition) is 2. The van der Waals surface area contributed by atoms with Crippen molar-refractivity contribution in [2.45, 2.75) is 32.6 Å². The number of benzene rings is 2. The Morgan fingerprint density at radius 3 is 2.41 bits per heavy atom. The van der Waals surface area contributed by atoms with E-state index < -0.39 is 0 Å². The van der Waals surface area contributed by atoms with Crippen LogP contribution in [-0.4, -0.2) is 11.7 Å². The van der Waals surface area contributed by atoms with Gasteiger partial charge in [-0.25, -0.2) is 0 Å². The Hall–Kier alpha value is -2.42. The average Bonchev–Trinajstić information content (AvgIpc) is 2.53. The number of Topliss-reactive ketones (excluding diaryl/α,β-unsaturated/α-hetero) is 1. The molecular formula is C19H21NO2. The number of nitrogens with one attached hydrogen (secondary N) is 1. The van der Waals surface area contributed by atoms with Crippen LogP contribution in [-0.2, 0) is 4.79 Å². The third-order valence-corrected chi connectivity index (χ3v) is 3.63. The molecule has 0 aliphatic carbocycles. The highest BCUT2D eigenvalue weighted by molar-refractivity contribution is 5.98. The highest BCUT2D eigenvalue weighted by atomic mass is 16.2. The number of amides is 1. The topological polar surface area (TPSA) is 46.2 Å². The summed E-state index contributed by atoms with van der Waals surface area (Å²) in [6.45, 7) is 3.59. The van der Waals surface area contributed by atoms with Crippen LogP contribution in [0.2, 0.25) is 0 Å². The summed E-state index contributed by atoms with van der Waals surface area (Å²) in [4.78, 5) is 24.0. The summed E-state index contributed by atoms with van der Waals surface area (Å²) in [5.74, 6) is -0.217. The molecule has 2 aromatic rings. The van der Waals surface area contributed by atoms with Gasteiger partial charge in [-0.2, -0.15) is 0 Å². The SMILES string of the molecule is CCCC(C(=O)Nc1cccc(C(C)=O)c1)c1ccccc1. The molecule has 0 heterocycles. The molecule has 2 rings (SSSR count). The lowest BCUT2D eigenvalue weighted by atomic mass is 9.93. The van der Waals surface area contributed by atoms with Gasteiger partial charge in [0.05, 0.1) is 5.92 Å². The lowest BCUT2D eigenvalue weighted by Gasteiger charge is -2.17. The predicted molar refractivity (Wildman–Crippen MR) is 89.2 cm³/mol. The van der Waals surface area contributed by atoms with Crippen molar-refractivity contribution in [1.82, 2.24) is 0 Å². The van der Waals surface area contributed by atoms with Crippen molar-refractivity contribution in [2.75, 3.05) is 5.32 Å². The molecule has 114 valence electrons. The summed E-state index contributed by atoms with van der Waals surface area (Å²) < 4.78 is 0. The molecule has 1 N–H and O–H groups in total. The van der Waals surface area contributed by atoms with E-state index in [0.717, 1.165) is 18.4 Å². The van der Waals surface area contributed by atoms with E-state index >= 15 is 0 Å². The number of hydrogen-bond donors (Lipinski definition) is 1. The zero-order chi connectivity index (χ0) is 15.9. The average molecular weight is 295 g/mol. The zero-order valence-corrected chi connectivity index (χ0v) is 13.0. The lowest BCUT2D eigenvalue weighted by molar-refractivity contribution is -0.117. The molecule has 0 fully saturated rings. The number of rotatable bonds is 6. The fourth-order valence-electron chi connectivity index (χ4n) is 2.47. The summed E-state index contributed by atoms with van der Waals surface area (Å²) in [5, 5.41) is 2.93. The minimum atomic E-state index is -0.174. The third-order valence-electron chi connectivity index (χ3n) is 3.63. The second kappa shape index (κ2) is 7.55. The fraction of sp³-hybridized carbons (Fsp3) is 0.263. The Bertz CT molecular complexity index is 649. The second-order valence-corrected chi connectivity index (χ2v) is 5.38. The maximum absolute atomic E-state index is 12.6. The summed E-state index contributed by atoms with van der Waals surface area (Å²) >= 11 is 0. The molecule has 0 aromatic heterocycles. The van der Waals surface area contributed by atoms with Gasteiger partial charge >= 0.3 is 0 Å². The molecule has 1 unspecified atom stereocenters. The van der Waals surface area contributed by atoms with Gasteiger partial charge in [-0.15, -0.1) is 0 Å². The maximum atomic E-state index is 12.6. The van der Waals surface area contributed by atoms with E-state index in [1.165, 1.54) is 6.92 Å². The smallest absolute Gasteiger partial charge is 0.231 e. The molecule has 0 aliphatic rings. The summed E-state index contributed by atoms with van der Waals surface area (Å²) in [6, 6.07) is 16.8. The van der Waals surface area contributed by atoms with E-state index in [-0.39, 0.29) is 17.6 Å². The minimum Gasteiger partial charge on any atom is -0.326 e. The summed E-state index contributed by atoms with van der Waals surface area (Å²) in [5.41, 5.74) is 2.28. The molecule has 3 heteroatoms. The summed E-state index contributed by atoms with van der Waals surface area (Å²) in [7, 11) is 0. The molecule has 0 saturated heterocycles. The van der Waals surface area contributed by atoms with Gasteiger partial charge < -0.3 is 5.32 Å². The highest BCUT2D eigenvalue weighted by Crippen LogP contribution is 2.23. The van der Waals surface area contributed by atoms with Crippen molar-refractivity contribution in [1.29, 1.82) is 0 Å². The first kappa shape index (κ1) is 16.0. The van der Waals surface area contributed by atoms with Gasteiger partial charge in [-0.05, 0) is 31.0 Å². The van der Waals surface area contributed by atoms with Crippen LogP contribution < -0.4 is 5.32 Å². The van der Waals surface area contributed by atoms with Crippen LogP contribution >= 0.6 is 0 Å². The highest BCUT2D eigenvalue weighted by Gasteiger charge is 2.19. The van der Waals surface area contributed by atoms with Gasteiger partial charge in [0.2, 0.25) is 5.91 Å². The van der Waals surface area contributed by atoms with Crippen LogP contribution in [0.15, 0.2) is 54.6 Å². The standard InChI is InChI=1S/C19H21NO2/c1-3-8-18(15-9-5-4-6-10-15)19(22)20-17-12-7-11-16(13-17)14(2)21/h4-7,9-13,18H,3,8H2,1-2H3,(H,20,22). The van der Waals surface area contributed by atoms with E-state index in [0.29, 0.717) is 11.3 Å². The largest absolute Gasteiger partial charge is 0.326 e. The third kappa shape index (κ3) is 4.04. The number of carbonyl (C=O) groups excluding carboxylic acids is 2. The van der Waals surface area contributed by atoms with Crippen LogP contribution in [0.3, 0.4) is 0 Å². The number of carbonyl (C=O) groups is 2. The first-order valence-electron chi connectivity index (χ1n) is 7.58. The molecule has 0 bridgehead atoms. The van der Waals surface area contributed by atoms with Crippen LogP contribution in [0, 0.1) is 0 Å². The molecule has 0 radical (unpaired) electrons. The van der Waals surface area contributed by atoms with E-state index in [1.54, 1.807) is 24.3 Å². The van der Waals surface area contributed by atoms with Crippen LogP contribution in [0.4, 0.5) is 5.69 Å². The van der Waals surface area contributed by atoms with Gasteiger partial charge in [-0.1, -0.05) is 55.8 Å². The van der Waals surface area contributed by atoms with Crippen molar-refractivity contribution in [3.63, 3.8) is 0 Å². The van der Waals surface area contributed by atoms with Crippen molar-refractivity contribution in [3.05, 3.63) is 65.7 Å². The minimum absolute atomic E-state index is 0.00994. The lowest BCUT2D eigenvalue weighted by Crippen LogP contribution is -2.21. The van der Waals surface area contributed by atoms with E-state index in [1.807, 2.05) is 30.3 Å². The molecule has 3 nitrogen and oxygen atoms in total. The number of ketones is 1. The van der Waals surface area contributed by atoms with Crippen molar-refractivity contribution in [2.24, 2.45) is 0 Å². The fourth-order valence-corrected chi connectivity index (χ4v) is 2.47. The quantitative estimate of drug-likeness (QED) is 0.802. The van der Waals surface area contributed by atoms with Crippen LogP contribution in [0.25, 0.3) is 0 Å². The number of anilines is 1. The van der Waals surface area contributed by atoms with Crippen LogP contribution in [0.1, 0.15) is 48.5 Å². The predicted octanol–water partition coefficient (Wildman–Crippen LogP) is 4.41. The first-order valence-corrected chi connectivity index (χ1v) is 7.58. The molecule has 0 saturated carbocycles. The van der Waals surface area contributed by atoms with E-state index in [9.17, 15) is 9.59 Å². The molecule has 1 atom stereocenters. The zero-order valence-electron chi connectivity index (χ0n) is 13.0. The Labute approximate surface area is 131 Å². The van der Waals surface area contributed by atoms with Gasteiger partial charge in [-0.3, -0.25) is 9.59 Å². The molecule has 0 spiro atoms. The molecule has 22 heavy (non-hydrogen) atoms. The maximum Gasteiger partial charge on any atom is 0.231 e. The van der Waals surface area contributed by atoms with E-state index in [2.05, 4.69) is 12.2 Å². The Morgan fingerprint density at radius 2 is 1.77 bits per heavy atom. The van der Waals surface area contributed by atoms with Gasteiger partial charge in [0, 0.05) is 11.3 Å². The summed E-state index contributed by atoms with van der Waals surface area (Å²) in [6.07, 6.45) is 1.72. The van der Waals surface area contributed by atoms with Crippen molar-refractivity contribution < 1.29 is 9.59 Å². The van der Waals surface area contributed by atoms with Crippen LogP contribution in [0.5, 0.6) is 0 Å². The molecule has 2 aromatic carbocycles. The van der Waals surface area contributed by atoms with Gasteiger partial charge in [0.15, 0.2) is 5.78 Å². The van der Waals surface area contributed by atoms with Crippen molar-refractivity contribution in [3.8, 4) is 0 Å². The Kier molecular flexibility index (Phi) is 5.48.